The third-order valence-corrected chi connectivity index (χ3v) is 16.9. The Hall–Kier alpha value is -5.71. The number of fused-ring (bicyclic) bond motifs is 2. The van der Waals surface area contributed by atoms with Crippen molar-refractivity contribution in [3.63, 3.8) is 0 Å². The molecule has 3 aliphatic heterocycles. The number of amides is 6. The van der Waals surface area contributed by atoms with Crippen LogP contribution in [-0.2, 0) is 56.0 Å². The molecule has 4 aliphatic rings. The summed E-state index contributed by atoms with van der Waals surface area (Å²) in [5.41, 5.74) is 3.04. The molecule has 2 saturated heterocycles. The van der Waals surface area contributed by atoms with E-state index in [9.17, 15) is 33.6 Å². The van der Waals surface area contributed by atoms with E-state index >= 15 is 0 Å². The smallest absolute Gasteiger partial charge is 0.251 e. The molecule has 3 N–H and O–H groups in total. The summed E-state index contributed by atoms with van der Waals surface area (Å²) in [6.07, 6.45) is 10.1. The van der Waals surface area contributed by atoms with Gasteiger partial charge in [0.2, 0.25) is 29.5 Å². The topological polar surface area (TPSA) is 187 Å². The Morgan fingerprint density at radius 1 is 0.868 bits per heavy atom. The number of likely N-dealkylation sites (tertiary alicyclic amines) is 2. The fraction of sp³-hybridized carbons (Fsp3) is 0.617. The number of methoxy groups -OCH3 is 2. The van der Waals surface area contributed by atoms with E-state index in [1.165, 1.54) is 6.08 Å². The number of likely N-dealkylation sites (N-methyl/N-ethyl adjacent to an activating group) is 2. The quantitative estimate of drug-likeness (QED) is 0.0712. The number of nitrogens with one attached hydrogen (secondary N) is 3. The first kappa shape index (κ1) is 59.5. The first-order chi connectivity index (χ1) is 36.4. The van der Waals surface area contributed by atoms with Gasteiger partial charge >= 0.3 is 0 Å². The number of anilines is 1. The van der Waals surface area contributed by atoms with Crippen molar-refractivity contribution in [2.45, 2.75) is 167 Å². The maximum Gasteiger partial charge on any atom is 0.251 e. The molecule has 0 unspecified atom stereocenters. The number of unbranched alkanes of at least 4 members (excludes halogenated alkanes) is 2. The van der Waals surface area contributed by atoms with Crippen molar-refractivity contribution >= 4 is 46.9 Å². The number of hydrogen-bond donors (Lipinski definition) is 3. The van der Waals surface area contributed by atoms with E-state index in [2.05, 4.69) is 41.3 Å². The SMILES string of the molecule is C=C1C=CC(=O)N1CCCCCC(=O)NCc1ccc(NC(=O)[C@@H](CC(=O)[C@H](C)[C@@H](OC)[C@@H]2CCCN2C(=O)C[C@@H](OC)[C@H]([C@@H](C)CC)N(C)C(=O)[C@@H](NC(=O)[C@@H]2[C@H]3CC[C@@H](C3)N2C)C(C)C)Cc2ccccc2)cc1. The minimum absolute atomic E-state index is 0.00260. The zero-order valence-corrected chi connectivity index (χ0v) is 46.8. The molecular weight excluding hydrogens is 963 g/mol. The molecule has 2 bridgehead atoms. The second kappa shape index (κ2) is 28.1. The second-order valence-electron chi connectivity index (χ2n) is 22.3. The molecule has 3 fully saturated rings. The van der Waals surface area contributed by atoms with E-state index in [-0.39, 0.29) is 71.9 Å². The summed E-state index contributed by atoms with van der Waals surface area (Å²) >= 11 is 0. The van der Waals surface area contributed by atoms with Crippen LogP contribution in [0.15, 0.2) is 79.0 Å². The maximum atomic E-state index is 14.6. The molecule has 16 heteroatoms. The molecule has 0 spiro atoms. The minimum Gasteiger partial charge on any atom is -0.379 e. The van der Waals surface area contributed by atoms with E-state index in [1.54, 1.807) is 49.3 Å². The van der Waals surface area contributed by atoms with Gasteiger partial charge in [0.25, 0.3) is 5.91 Å². The summed E-state index contributed by atoms with van der Waals surface area (Å²) in [5, 5.41) is 9.14. The highest BCUT2D eigenvalue weighted by atomic mass is 16.5. The zero-order valence-electron chi connectivity index (χ0n) is 46.8. The second-order valence-corrected chi connectivity index (χ2v) is 22.3. The number of piperidine rings is 1. The lowest BCUT2D eigenvalue weighted by atomic mass is 9.85. The fourth-order valence-electron chi connectivity index (χ4n) is 12.2. The van der Waals surface area contributed by atoms with E-state index < -0.39 is 42.2 Å². The lowest BCUT2D eigenvalue weighted by molar-refractivity contribution is -0.148. The van der Waals surface area contributed by atoms with Crippen molar-refractivity contribution in [1.29, 1.82) is 0 Å². The molecule has 2 aromatic carbocycles. The number of carbonyl (C=O) groups is 7. The van der Waals surface area contributed by atoms with Crippen LogP contribution < -0.4 is 16.0 Å². The first-order valence-electron chi connectivity index (χ1n) is 27.9. The first-order valence-corrected chi connectivity index (χ1v) is 27.9. The third kappa shape index (κ3) is 15.1. The van der Waals surface area contributed by atoms with Gasteiger partial charge in [-0.25, -0.2) is 0 Å². The van der Waals surface area contributed by atoms with Gasteiger partial charge in [-0.05, 0) is 106 Å². The van der Waals surface area contributed by atoms with Crippen LogP contribution in [0.2, 0.25) is 0 Å². The molecule has 16 nitrogen and oxygen atoms in total. The number of carbonyl (C=O) groups excluding carboxylic acids is 7. The number of allylic oxidation sites excluding steroid dienone is 1. The van der Waals surface area contributed by atoms with E-state index in [1.807, 2.05) is 75.2 Å². The van der Waals surface area contributed by atoms with Crippen LogP contribution in [-0.4, -0.2) is 145 Å². The Morgan fingerprint density at radius 3 is 2.21 bits per heavy atom. The lowest BCUT2D eigenvalue weighted by Gasteiger charge is -2.41. The van der Waals surface area contributed by atoms with Crippen molar-refractivity contribution < 1.29 is 43.0 Å². The monoisotopic (exact) mass is 1050 g/mol. The zero-order chi connectivity index (χ0) is 55.2. The lowest BCUT2D eigenvalue weighted by Crippen LogP contribution is -2.60. The molecule has 0 radical (unpaired) electrons. The molecule has 11 atom stereocenters. The van der Waals surface area contributed by atoms with Crippen molar-refractivity contribution in [2.75, 3.05) is 46.7 Å². The van der Waals surface area contributed by atoms with Crippen LogP contribution in [0.25, 0.3) is 0 Å². The molecule has 0 aromatic heterocycles. The van der Waals surface area contributed by atoms with Crippen molar-refractivity contribution in [2.24, 2.45) is 29.6 Å². The summed E-state index contributed by atoms with van der Waals surface area (Å²) < 4.78 is 12.2. The standard InChI is InChI=1S/C60H87N7O9/c1-11-39(4)55(65(8)60(74)54(38(2)3)63-59(73)56-44-26-29-47(34-44)64(56)7)50(75-9)36-53(71)67-32-18-21-48(67)57(76-10)41(6)49(68)35-45(33-42-19-14-12-15-20-42)58(72)62-46-27-24-43(25-28-46)37-61-51(69)22-16-13-17-31-66-40(5)23-30-52(66)70/h12,14-15,19-20,23-25,27-28,30,38-39,41,44-45,47-48,50,54-57H,5,11,13,16-18,21-22,26,29,31-37H2,1-4,6-10H3,(H,61,69)(H,62,72)(H,63,73)/t39-,41-,44-,45+,47-,48-,50+,54-,55-,56-,57+/m0/s1. The van der Waals surface area contributed by atoms with Crippen LogP contribution >= 0.6 is 0 Å². The summed E-state index contributed by atoms with van der Waals surface area (Å²) in [5.74, 6) is -2.32. The predicted molar refractivity (Wildman–Crippen MR) is 294 cm³/mol. The van der Waals surface area contributed by atoms with Crippen LogP contribution in [0.3, 0.4) is 0 Å². The van der Waals surface area contributed by atoms with Gasteiger partial charge < -0.3 is 40.1 Å². The van der Waals surface area contributed by atoms with Gasteiger partial charge in [0.15, 0.2) is 0 Å². The molecule has 6 rings (SSSR count). The Morgan fingerprint density at radius 2 is 1.59 bits per heavy atom. The number of ketones is 1. The molecule has 3 heterocycles. The van der Waals surface area contributed by atoms with Gasteiger partial charge in [-0.1, -0.05) is 96.5 Å². The summed E-state index contributed by atoms with van der Waals surface area (Å²) in [6.45, 7) is 15.1. The van der Waals surface area contributed by atoms with E-state index in [4.69, 9.17) is 9.47 Å². The Kier molecular flexibility index (Phi) is 22.0. The van der Waals surface area contributed by atoms with Gasteiger partial charge in [0.1, 0.15) is 11.8 Å². The fourth-order valence-corrected chi connectivity index (χ4v) is 12.2. The minimum atomic E-state index is -0.750. The largest absolute Gasteiger partial charge is 0.379 e. The number of nitrogens with zero attached hydrogens (tertiary/aromatic N) is 4. The van der Waals surface area contributed by atoms with Crippen LogP contribution in [0.1, 0.15) is 123 Å². The molecule has 1 aliphatic carbocycles. The third-order valence-electron chi connectivity index (χ3n) is 16.9. The number of benzene rings is 2. The Balaban J connectivity index is 1.05. The highest BCUT2D eigenvalue weighted by Crippen LogP contribution is 2.41. The predicted octanol–water partition coefficient (Wildman–Crippen LogP) is 7.08. The number of ether oxygens (including phenoxy) is 2. The Labute approximate surface area is 452 Å². The van der Waals surface area contributed by atoms with E-state index in [0.717, 1.165) is 56.1 Å². The van der Waals surface area contributed by atoms with Gasteiger partial charge in [-0.15, -0.1) is 0 Å². The summed E-state index contributed by atoms with van der Waals surface area (Å²) in [7, 11) is 6.90. The average Bonchev–Trinajstić information content (AvgIpc) is 4.23. The van der Waals surface area contributed by atoms with Gasteiger partial charge in [-0.3, -0.25) is 38.5 Å². The highest BCUT2D eigenvalue weighted by molar-refractivity contribution is 5.96. The van der Waals surface area contributed by atoms with Crippen molar-refractivity contribution in [1.82, 2.24) is 30.2 Å². The number of hydrogen-bond acceptors (Lipinski definition) is 10. The Bertz CT molecular complexity index is 2340. The molecule has 6 amide bonds. The number of Topliss-reactive ketones (excluding diaryl/α,β-unsaturated/α-hetero) is 1. The number of rotatable bonds is 29. The normalized spacial score (nSPS) is 22.0. The molecular formula is C60H87N7O9. The maximum absolute atomic E-state index is 14.6. The van der Waals surface area contributed by atoms with Gasteiger partial charge in [-0.2, -0.15) is 0 Å². The summed E-state index contributed by atoms with van der Waals surface area (Å²) in [4.78, 5) is 103. The van der Waals surface area contributed by atoms with E-state index in [0.29, 0.717) is 68.7 Å². The summed E-state index contributed by atoms with van der Waals surface area (Å²) in [6, 6.07) is 15.4. The molecule has 416 valence electrons. The molecule has 2 aromatic rings. The van der Waals surface area contributed by atoms with Gasteiger partial charge in [0.05, 0.1) is 36.8 Å². The van der Waals surface area contributed by atoms with Crippen molar-refractivity contribution in [3.05, 3.63) is 90.2 Å². The van der Waals surface area contributed by atoms with Gasteiger partial charge in [0, 0.05) is 89.1 Å². The average molecular weight is 1050 g/mol. The van der Waals surface area contributed by atoms with Crippen LogP contribution in [0.4, 0.5) is 5.69 Å². The molecule has 76 heavy (non-hydrogen) atoms. The van der Waals surface area contributed by atoms with Crippen LogP contribution in [0.5, 0.6) is 0 Å². The van der Waals surface area contributed by atoms with Crippen LogP contribution in [0, 0.1) is 29.6 Å². The molecule has 1 saturated carbocycles. The van der Waals surface area contributed by atoms with Crippen molar-refractivity contribution in [3.8, 4) is 0 Å². The highest BCUT2D eigenvalue weighted by Gasteiger charge is 2.49.